The van der Waals surface area contributed by atoms with E-state index in [-0.39, 0.29) is 5.92 Å². The Labute approximate surface area is 87.6 Å². The van der Waals surface area contributed by atoms with Crippen molar-refractivity contribution in [3.8, 4) is 0 Å². The third kappa shape index (κ3) is 3.28. The first kappa shape index (κ1) is 11.5. The van der Waals surface area contributed by atoms with Gasteiger partial charge in [-0.2, -0.15) is 0 Å². The van der Waals surface area contributed by atoms with Crippen LogP contribution in [0.1, 0.15) is 46.5 Å². The van der Waals surface area contributed by atoms with Gasteiger partial charge in [-0.1, -0.05) is 25.5 Å². The Kier molecular flexibility index (Phi) is 4.37. The number of rotatable bonds is 4. The maximum Gasteiger partial charge on any atom is 0.122 e. The summed E-state index contributed by atoms with van der Waals surface area (Å²) >= 11 is 0. The van der Waals surface area contributed by atoms with Crippen LogP contribution in [0, 0.1) is 17.8 Å². The number of carbonyl (C=O) groups excluding carboxylic acids is 1. The predicted molar refractivity (Wildman–Crippen MR) is 60.1 cm³/mol. The third-order valence-electron chi connectivity index (χ3n) is 3.46. The quantitative estimate of drug-likeness (QED) is 0.493. The maximum absolute atomic E-state index is 10.6. The highest BCUT2D eigenvalue weighted by Gasteiger charge is 2.20. The Morgan fingerprint density at radius 3 is 2.79 bits per heavy atom. The molecule has 1 nitrogen and oxygen atoms in total. The van der Waals surface area contributed by atoms with Crippen LogP contribution in [0.5, 0.6) is 0 Å². The normalized spacial score (nSPS) is 26.5. The average molecular weight is 194 g/mol. The van der Waals surface area contributed by atoms with Crippen molar-refractivity contribution < 1.29 is 4.79 Å². The van der Waals surface area contributed by atoms with Crippen LogP contribution in [0.25, 0.3) is 0 Å². The summed E-state index contributed by atoms with van der Waals surface area (Å²) in [4.78, 5) is 10.6. The first-order chi connectivity index (χ1) is 6.63. The molecule has 0 N–H and O–H groups in total. The van der Waals surface area contributed by atoms with Gasteiger partial charge in [0.1, 0.15) is 6.29 Å². The first-order valence-electron chi connectivity index (χ1n) is 5.74. The van der Waals surface area contributed by atoms with Gasteiger partial charge in [-0.15, -0.1) is 0 Å². The lowest BCUT2D eigenvalue weighted by atomic mass is 9.78. The molecule has 0 aliphatic heterocycles. The molecule has 0 bridgehead atoms. The molecular formula is C13H22O. The molecule has 0 spiro atoms. The monoisotopic (exact) mass is 194 g/mol. The SMILES string of the molecule is CC1=CCC(C(C)CC(C)C=O)CC1. The van der Waals surface area contributed by atoms with Gasteiger partial charge in [0.25, 0.3) is 0 Å². The summed E-state index contributed by atoms with van der Waals surface area (Å²) in [6.07, 6.45) is 8.30. The molecule has 0 saturated heterocycles. The van der Waals surface area contributed by atoms with E-state index in [0.717, 1.165) is 18.6 Å². The summed E-state index contributed by atoms with van der Waals surface area (Å²) in [5, 5.41) is 0. The van der Waals surface area contributed by atoms with Gasteiger partial charge >= 0.3 is 0 Å². The van der Waals surface area contributed by atoms with E-state index >= 15 is 0 Å². The molecule has 0 amide bonds. The molecule has 0 heterocycles. The second kappa shape index (κ2) is 5.33. The topological polar surface area (TPSA) is 17.1 Å². The van der Waals surface area contributed by atoms with E-state index in [2.05, 4.69) is 19.9 Å². The van der Waals surface area contributed by atoms with Crippen molar-refractivity contribution in [3.05, 3.63) is 11.6 Å². The summed E-state index contributed by atoms with van der Waals surface area (Å²) < 4.78 is 0. The Morgan fingerprint density at radius 2 is 2.29 bits per heavy atom. The molecule has 1 heteroatoms. The number of aldehydes is 1. The van der Waals surface area contributed by atoms with Gasteiger partial charge in [-0.3, -0.25) is 0 Å². The minimum Gasteiger partial charge on any atom is -0.303 e. The smallest absolute Gasteiger partial charge is 0.122 e. The van der Waals surface area contributed by atoms with Crippen LogP contribution in [0.3, 0.4) is 0 Å². The summed E-state index contributed by atoms with van der Waals surface area (Å²) in [7, 11) is 0. The lowest BCUT2D eigenvalue weighted by Gasteiger charge is -2.27. The fraction of sp³-hybridized carbons (Fsp3) is 0.769. The molecule has 0 aromatic heterocycles. The van der Waals surface area contributed by atoms with Gasteiger partial charge in [0, 0.05) is 5.92 Å². The van der Waals surface area contributed by atoms with Gasteiger partial charge in [-0.25, -0.2) is 0 Å². The number of hydrogen-bond acceptors (Lipinski definition) is 1. The molecule has 0 radical (unpaired) electrons. The number of carbonyl (C=O) groups is 1. The summed E-state index contributed by atoms with van der Waals surface area (Å²) in [6.45, 7) is 6.53. The molecule has 3 atom stereocenters. The van der Waals surface area contributed by atoms with Crippen LogP contribution in [0.2, 0.25) is 0 Å². The molecule has 0 aromatic carbocycles. The van der Waals surface area contributed by atoms with Crippen molar-refractivity contribution in [2.45, 2.75) is 46.5 Å². The van der Waals surface area contributed by atoms with Crippen molar-refractivity contribution in [1.82, 2.24) is 0 Å². The minimum absolute atomic E-state index is 0.233. The van der Waals surface area contributed by atoms with Crippen LogP contribution in [0.4, 0.5) is 0 Å². The van der Waals surface area contributed by atoms with Gasteiger partial charge in [0.2, 0.25) is 0 Å². The average Bonchev–Trinajstić information content (AvgIpc) is 2.18. The van der Waals surface area contributed by atoms with Crippen molar-refractivity contribution in [2.24, 2.45) is 17.8 Å². The van der Waals surface area contributed by atoms with E-state index in [0.29, 0.717) is 5.92 Å². The standard InChI is InChI=1S/C13H22O/c1-10-4-6-13(7-5-10)12(3)8-11(2)9-14/h4,9,11-13H,5-8H2,1-3H3. The molecule has 0 fully saturated rings. The minimum atomic E-state index is 0.233. The molecular weight excluding hydrogens is 172 g/mol. The van der Waals surface area contributed by atoms with E-state index in [1.54, 1.807) is 0 Å². The van der Waals surface area contributed by atoms with Crippen molar-refractivity contribution in [2.75, 3.05) is 0 Å². The fourth-order valence-electron chi connectivity index (χ4n) is 2.34. The summed E-state index contributed by atoms with van der Waals surface area (Å²) in [6, 6.07) is 0. The van der Waals surface area contributed by atoms with Crippen LogP contribution in [0.15, 0.2) is 11.6 Å². The summed E-state index contributed by atoms with van der Waals surface area (Å²) in [5.74, 6) is 1.73. The predicted octanol–water partition coefficient (Wildman–Crippen LogP) is 3.59. The Morgan fingerprint density at radius 1 is 1.57 bits per heavy atom. The molecule has 0 aromatic rings. The van der Waals surface area contributed by atoms with Crippen LogP contribution in [-0.2, 0) is 4.79 Å². The molecule has 1 rings (SSSR count). The van der Waals surface area contributed by atoms with Crippen molar-refractivity contribution in [1.29, 1.82) is 0 Å². The molecule has 14 heavy (non-hydrogen) atoms. The molecule has 1 aliphatic carbocycles. The van der Waals surface area contributed by atoms with E-state index in [1.807, 2.05) is 6.92 Å². The van der Waals surface area contributed by atoms with E-state index < -0.39 is 0 Å². The zero-order valence-electron chi connectivity index (χ0n) is 9.62. The maximum atomic E-state index is 10.6. The second-order valence-electron chi connectivity index (χ2n) is 4.91. The zero-order chi connectivity index (χ0) is 10.6. The number of hydrogen-bond donors (Lipinski definition) is 0. The fourth-order valence-corrected chi connectivity index (χ4v) is 2.34. The van der Waals surface area contributed by atoms with Gasteiger partial charge in [0.05, 0.1) is 0 Å². The van der Waals surface area contributed by atoms with Crippen LogP contribution < -0.4 is 0 Å². The number of allylic oxidation sites excluding steroid dienone is 2. The highest BCUT2D eigenvalue weighted by molar-refractivity contribution is 5.52. The van der Waals surface area contributed by atoms with Crippen LogP contribution in [-0.4, -0.2) is 6.29 Å². The lowest BCUT2D eigenvalue weighted by molar-refractivity contribution is -0.111. The van der Waals surface area contributed by atoms with Gasteiger partial charge in [-0.05, 0) is 44.4 Å². The van der Waals surface area contributed by atoms with Crippen molar-refractivity contribution >= 4 is 6.29 Å². The molecule has 80 valence electrons. The van der Waals surface area contributed by atoms with Crippen LogP contribution >= 0.6 is 0 Å². The van der Waals surface area contributed by atoms with Gasteiger partial charge in [0.15, 0.2) is 0 Å². The molecule has 1 aliphatic rings. The van der Waals surface area contributed by atoms with E-state index in [1.165, 1.54) is 24.8 Å². The Hall–Kier alpha value is -0.590. The van der Waals surface area contributed by atoms with E-state index in [4.69, 9.17) is 0 Å². The highest BCUT2D eigenvalue weighted by atomic mass is 16.1. The highest BCUT2D eigenvalue weighted by Crippen LogP contribution is 2.31. The Bertz CT molecular complexity index is 217. The molecule has 0 saturated carbocycles. The van der Waals surface area contributed by atoms with E-state index in [9.17, 15) is 4.79 Å². The Balaban J connectivity index is 2.38. The third-order valence-corrected chi connectivity index (χ3v) is 3.46. The zero-order valence-corrected chi connectivity index (χ0v) is 9.62. The largest absolute Gasteiger partial charge is 0.303 e. The summed E-state index contributed by atoms with van der Waals surface area (Å²) in [5.41, 5.74) is 1.54. The second-order valence-corrected chi connectivity index (χ2v) is 4.91. The lowest BCUT2D eigenvalue weighted by Crippen LogP contribution is -2.17. The molecule has 3 unspecified atom stereocenters. The van der Waals surface area contributed by atoms with Gasteiger partial charge < -0.3 is 4.79 Å². The first-order valence-corrected chi connectivity index (χ1v) is 5.74. The van der Waals surface area contributed by atoms with Crippen molar-refractivity contribution in [3.63, 3.8) is 0 Å².